The molecule has 0 fully saturated rings. The molecule has 0 aromatic rings. The van der Waals surface area contributed by atoms with Crippen LogP contribution < -0.4 is 0 Å². The van der Waals surface area contributed by atoms with Crippen molar-refractivity contribution in [1.29, 1.82) is 0 Å². The molecule has 2 atom stereocenters. The van der Waals surface area contributed by atoms with Crippen LogP contribution >= 0.6 is 0 Å². The standard InChI is InChI=1S/C6H8O6.C6H8O2/c7-1-2(8)5-3(9)4(10)6(11)12-5;1-2-3-4-5-6(7)8/h2,5,7-10H,1H2;2-5H,1H3,(H,7,8)/b;3-2+,5-4+/t2-,5+;/m0./s1. The minimum absolute atomic E-state index is 0.671. The number of carboxylic acid groups (broad SMARTS) is 1. The third-order valence-corrected chi connectivity index (χ3v) is 2.02. The summed E-state index contributed by atoms with van der Waals surface area (Å²) in [4.78, 5) is 20.3. The van der Waals surface area contributed by atoms with E-state index < -0.39 is 42.3 Å². The van der Waals surface area contributed by atoms with E-state index in [1.54, 1.807) is 12.2 Å². The summed E-state index contributed by atoms with van der Waals surface area (Å²) in [5.74, 6) is -3.69. The van der Waals surface area contributed by atoms with Crippen LogP contribution in [0.1, 0.15) is 6.92 Å². The molecule has 0 spiro atoms. The van der Waals surface area contributed by atoms with Gasteiger partial charge in [0.25, 0.3) is 0 Å². The van der Waals surface area contributed by atoms with E-state index in [0.29, 0.717) is 0 Å². The smallest absolute Gasteiger partial charge is 0.377 e. The topological polar surface area (TPSA) is 145 Å². The van der Waals surface area contributed by atoms with Gasteiger partial charge in [-0.1, -0.05) is 18.2 Å². The van der Waals surface area contributed by atoms with Crippen LogP contribution in [0.15, 0.2) is 35.8 Å². The lowest BCUT2D eigenvalue weighted by atomic mass is 10.2. The number of carbonyl (C=O) groups is 2. The summed E-state index contributed by atoms with van der Waals surface area (Å²) in [5, 5.41) is 43.1. The molecule has 0 saturated carbocycles. The van der Waals surface area contributed by atoms with E-state index in [1.165, 1.54) is 6.08 Å². The maximum absolute atomic E-state index is 10.5. The molecule has 0 aromatic carbocycles. The fourth-order valence-corrected chi connectivity index (χ4v) is 1.07. The van der Waals surface area contributed by atoms with Crippen molar-refractivity contribution in [2.24, 2.45) is 0 Å². The van der Waals surface area contributed by atoms with E-state index in [2.05, 4.69) is 4.74 Å². The predicted octanol–water partition coefficient (Wildman–Crippen LogP) is -0.204. The first kappa shape index (κ1) is 17.7. The lowest BCUT2D eigenvalue weighted by Gasteiger charge is -2.13. The number of cyclic esters (lactones) is 1. The van der Waals surface area contributed by atoms with Gasteiger partial charge in [-0.05, 0) is 6.92 Å². The summed E-state index contributed by atoms with van der Waals surface area (Å²) in [6.07, 6.45) is 3.21. The first-order valence-electron chi connectivity index (χ1n) is 5.49. The third-order valence-electron chi connectivity index (χ3n) is 2.02. The Morgan fingerprint density at radius 3 is 2.35 bits per heavy atom. The number of aliphatic carboxylic acids is 1. The summed E-state index contributed by atoms with van der Waals surface area (Å²) in [6, 6.07) is 0. The monoisotopic (exact) mass is 288 g/mol. The maximum atomic E-state index is 10.5. The number of aliphatic hydroxyl groups excluding tert-OH is 4. The van der Waals surface area contributed by atoms with Crippen LogP contribution in [0.5, 0.6) is 0 Å². The Morgan fingerprint density at radius 2 is 2.00 bits per heavy atom. The van der Waals surface area contributed by atoms with Crippen LogP contribution in [-0.2, 0) is 14.3 Å². The van der Waals surface area contributed by atoms with Crippen molar-refractivity contribution in [3.8, 4) is 0 Å². The number of rotatable bonds is 4. The molecule has 8 heteroatoms. The molecule has 20 heavy (non-hydrogen) atoms. The number of allylic oxidation sites excluding steroid dienone is 3. The molecular formula is C12H16O8. The van der Waals surface area contributed by atoms with Gasteiger partial charge in [0.2, 0.25) is 5.76 Å². The normalized spacial score (nSPS) is 19.9. The number of aliphatic hydroxyl groups is 4. The lowest BCUT2D eigenvalue weighted by molar-refractivity contribution is -0.147. The van der Waals surface area contributed by atoms with Gasteiger partial charge in [0.1, 0.15) is 6.10 Å². The third kappa shape index (κ3) is 5.55. The zero-order valence-electron chi connectivity index (χ0n) is 10.6. The molecule has 1 aliphatic heterocycles. The fourth-order valence-electron chi connectivity index (χ4n) is 1.07. The van der Waals surface area contributed by atoms with E-state index in [4.69, 9.17) is 25.5 Å². The first-order valence-corrected chi connectivity index (χ1v) is 5.49. The van der Waals surface area contributed by atoms with Crippen molar-refractivity contribution in [3.63, 3.8) is 0 Å². The summed E-state index contributed by atoms with van der Waals surface area (Å²) in [7, 11) is 0. The van der Waals surface area contributed by atoms with Crippen molar-refractivity contribution < 1.29 is 39.9 Å². The highest BCUT2D eigenvalue weighted by Gasteiger charge is 2.38. The minimum Gasteiger partial charge on any atom is -0.505 e. The Hall–Kier alpha value is -2.32. The average Bonchev–Trinajstić information content (AvgIpc) is 2.66. The van der Waals surface area contributed by atoms with Crippen molar-refractivity contribution >= 4 is 11.9 Å². The van der Waals surface area contributed by atoms with Gasteiger partial charge in [-0.25, -0.2) is 9.59 Å². The number of ether oxygens (including phenoxy) is 1. The van der Waals surface area contributed by atoms with Crippen LogP contribution in [-0.4, -0.2) is 56.3 Å². The number of hydrogen-bond donors (Lipinski definition) is 5. The van der Waals surface area contributed by atoms with E-state index in [-0.39, 0.29) is 0 Å². The van der Waals surface area contributed by atoms with Crippen LogP contribution in [0.2, 0.25) is 0 Å². The number of hydrogen-bond acceptors (Lipinski definition) is 7. The molecule has 0 saturated heterocycles. The van der Waals surface area contributed by atoms with Gasteiger partial charge in [-0.15, -0.1) is 0 Å². The number of carboxylic acids is 1. The maximum Gasteiger partial charge on any atom is 0.377 e. The van der Waals surface area contributed by atoms with Gasteiger partial charge < -0.3 is 30.3 Å². The second-order valence-electron chi connectivity index (χ2n) is 3.53. The van der Waals surface area contributed by atoms with E-state index >= 15 is 0 Å². The average molecular weight is 288 g/mol. The van der Waals surface area contributed by atoms with E-state index in [1.807, 2.05) is 6.92 Å². The highest BCUT2D eigenvalue weighted by Crippen LogP contribution is 2.20. The molecule has 1 heterocycles. The first-order chi connectivity index (χ1) is 9.34. The largest absolute Gasteiger partial charge is 0.505 e. The second kappa shape index (κ2) is 8.73. The molecule has 0 bridgehead atoms. The van der Waals surface area contributed by atoms with Crippen LogP contribution in [0.4, 0.5) is 0 Å². The molecule has 1 aliphatic rings. The Balaban J connectivity index is 0.000000396. The van der Waals surface area contributed by atoms with Crippen LogP contribution in [0.3, 0.4) is 0 Å². The van der Waals surface area contributed by atoms with Gasteiger partial charge in [0.05, 0.1) is 6.61 Å². The molecule has 112 valence electrons. The van der Waals surface area contributed by atoms with Gasteiger partial charge >= 0.3 is 11.9 Å². The molecule has 0 radical (unpaired) electrons. The molecule has 0 aromatic heterocycles. The Morgan fingerprint density at radius 1 is 1.40 bits per heavy atom. The Bertz CT molecular complexity index is 435. The fraction of sp³-hybridized carbons (Fsp3) is 0.333. The second-order valence-corrected chi connectivity index (χ2v) is 3.53. The van der Waals surface area contributed by atoms with Gasteiger partial charge in [0.15, 0.2) is 11.9 Å². The van der Waals surface area contributed by atoms with Crippen molar-refractivity contribution in [2.75, 3.05) is 6.61 Å². The van der Waals surface area contributed by atoms with Gasteiger partial charge in [-0.3, -0.25) is 0 Å². The van der Waals surface area contributed by atoms with E-state index in [9.17, 15) is 9.59 Å². The van der Waals surface area contributed by atoms with Crippen molar-refractivity contribution in [2.45, 2.75) is 19.1 Å². The Kier molecular flexibility index (Phi) is 7.71. The quantitative estimate of drug-likeness (QED) is 0.271. The summed E-state index contributed by atoms with van der Waals surface area (Å²) >= 11 is 0. The Labute approximate surface area is 114 Å². The molecule has 5 N–H and O–H groups in total. The SMILES string of the molecule is C/C=C/C=C/C(=O)O.O=C1O[C@H]([C@@H](O)CO)C(O)=C1O. The van der Waals surface area contributed by atoms with Crippen molar-refractivity contribution in [1.82, 2.24) is 0 Å². The summed E-state index contributed by atoms with van der Waals surface area (Å²) in [5.41, 5.74) is 0. The summed E-state index contributed by atoms with van der Waals surface area (Å²) in [6.45, 7) is 1.15. The van der Waals surface area contributed by atoms with Gasteiger partial charge in [-0.2, -0.15) is 0 Å². The van der Waals surface area contributed by atoms with Crippen LogP contribution in [0.25, 0.3) is 0 Å². The summed E-state index contributed by atoms with van der Waals surface area (Å²) < 4.78 is 4.32. The highest BCUT2D eigenvalue weighted by molar-refractivity contribution is 5.89. The lowest BCUT2D eigenvalue weighted by Crippen LogP contribution is -2.31. The molecule has 0 amide bonds. The molecule has 0 unspecified atom stereocenters. The molecule has 0 aliphatic carbocycles. The van der Waals surface area contributed by atoms with Gasteiger partial charge in [0, 0.05) is 6.08 Å². The highest BCUT2D eigenvalue weighted by atomic mass is 16.6. The predicted molar refractivity (Wildman–Crippen MR) is 66.8 cm³/mol. The molecule has 1 rings (SSSR count). The van der Waals surface area contributed by atoms with Crippen LogP contribution in [0, 0.1) is 0 Å². The molecular weight excluding hydrogens is 272 g/mol. The van der Waals surface area contributed by atoms with Crippen molar-refractivity contribution in [3.05, 3.63) is 35.8 Å². The zero-order chi connectivity index (χ0) is 15.7. The number of esters is 1. The molecule has 8 nitrogen and oxygen atoms in total. The minimum atomic E-state index is -1.42. The zero-order valence-corrected chi connectivity index (χ0v) is 10.6. The number of carbonyl (C=O) groups excluding carboxylic acids is 1. The van der Waals surface area contributed by atoms with E-state index in [0.717, 1.165) is 6.08 Å².